The summed E-state index contributed by atoms with van der Waals surface area (Å²) in [4.78, 5) is 5.26. The second-order valence-corrected chi connectivity index (χ2v) is 5.73. The van der Waals surface area contributed by atoms with Crippen LogP contribution in [0.4, 0.5) is 0 Å². The number of aromatic nitrogens is 1. The van der Waals surface area contributed by atoms with Crippen LogP contribution in [0.25, 0.3) is 0 Å². The maximum absolute atomic E-state index is 7.53. The van der Waals surface area contributed by atoms with Crippen LogP contribution in [0.1, 0.15) is 22.5 Å². The first kappa shape index (κ1) is 14.8. The molecular formula is C14H16ClN3OS. The fourth-order valence-corrected chi connectivity index (χ4v) is 2.95. The average Bonchev–Trinajstić information content (AvgIpc) is 2.82. The lowest BCUT2D eigenvalue weighted by atomic mass is 10.3. The highest BCUT2D eigenvalue weighted by molar-refractivity contribution is 7.13. The first-order valence-electron chi connectivity index (χ1n) is 6.31. The summed E-state index contributed by atoms with van der Waals surface area (Å²) < 4.78 is 5.63. The van der Waals surface area contributed by atoms with Crippen LogP contribution in [0, 0.1) is 5.41 Å². The van der Waals surface area contributed by atoms with E-state index >= 15 is 0 Å². The maximum Gasteiger partial charge on any atom is 0.135 e. The largest absolute Gasteiger partial charge is 0.493 e. The fourth-order valence-electron chi connectivity index (χ4n) is 1.77. The molecule has 1 aromatic carbocycles. The summed E-state index contributed by atoms with van der Waals surface area (Å²) in [5.41, 5.74) is 6.44. The lowest BCUT2D eigenvalue weighted by molar-refractivity contribution is 0.321. The molecule has 3 N–H and O–H groups in total. The Morgan fingerprint density at radius 1 is 1.50 bits per heavy atom. The van der Waals surface area contributed by atoms with Crippen molar-refractivity contribution in [2.45, 2.75) is 19.8 Å². The van der Waals surface area contributed by atoms with Crippen LogP contribution < -0.4 is 10.5 Å². The SMILES string of the molecule is CCc1nc(CCOc2cccc(Cl)c2)sc1C(=N)N. The Balaban J connectivity index is 1.96. The molecule has 0 bridgehead atoms. The van der Waals surface area contributed by atoms with Gasteiger partial charge < -0.3 is 10.5 Å². The molecule has 0 saturated carbocycles. The zero-order valence-corrected chi connectivity index (χ0v) is 12.7. The standard InChI is InChI=1S/C14H16ClN3OS/c1-2-11-13(14(16)17)20-12(18-11)6-7-19-10-5-3-4-9(15)8-10/h3-5,8H,2,6-7H2,1H3,(H3,16,17). The number of nitrogens with one attached hydrogen (secondary N) is 1. The number of benzene rings is 1. The second-order valence-electron chi connectivity index (χ2n) is 4.21. The third-order valence-electron chi connectivity index (χ3n) is 2.70. The molecule has 0 aliphatic rings. The molecule has 1 aromatic heterocycles. The van der Waals surface area contributed by atoms with Crippen molar-refractivity contribution in [3.8, 4) is 5.75 Å². The molecule has 0 spiro atoms. The molecule has 0 aliphatic carbocycles. The summed E-state index contributed by atoms with van der Waals surface area (Å²) in [6.45, 7) is 2.53. The molecule has 6 heteroatoms. The van der Waals surface area contributed by atoms with E-state index in [4.69, 9.17) is 27.5 Å². The smallest absolute Gasteiger partial charge is 0.135 e. The second kappa shape index (κ2) is 6.72. The average molecular weight is 310 g/mol. The summed E-state index contributed by atoms with van der Waals surface area (Å²) >= 11 is 7.35. The van der Waals surface area contributed by atoms with Crippen molar-refractivity contribution >= 4 is 28.8 Å². The zero-order valence-electron chi connectivity index (χ0n) is 11.1. The molecular weight excluding hydrogens is 294 g/mol. The summed E-state index contributed by atoms with van der Waals surface area (Å²) in [6.07, 6.45) is 1.47. The third kappa shape index (κ3) is 3.71. The number of nitrogens with two attached hydrogens (primary N) is 1. The number of nitrogen functional groups attached to an aromatic ring is 1. The minimum Gasteiger partial charge on any atom is -0.493 e. The van der Waals surface area contributed by atoms with E-state index in [1.54, 1.807) is 6.07 Å². The Morgan fingerprint density at radius 2 is 2.30 bits per heavy atom. The topological polar surface area (TPSA) is 72.0 Å². The van der Waals surface area contributed by atoms with Gasteiger partial charge in [0, 0.05) is 11.4 Å². The monoisotopic (exact) mass is 309 g/mol. The molecule has 4 nitrogen and oxygen atoms in total. The van der Waals surface area contributed by atoms with Gasteiger partial charge in [-0.3, -0.25) is 5.41 Å². The Morgan fingerprint density at radius 3 is 2.90 bits per heavy atom. The van der Waals surface area contributed by atoms with Gasteiger partial charge in [-0.05, 0) is 24.6 Å². The highest BCUT2D eigenvalue weighted by atomic mass is 35.5. The van der Waals surface area contributed by atoms with Gasteiger partial charge in [-0.2, -0.15) is 0 Å². The normalized spacial score (nSPS) is 10.5. The molecule has 2 rings (SSSR count). The fraction of sp³-hybridized carbons (Fsp3) is 0.286. The lowest BCUT2D eigenvalue weighted by Crippen LogP contribution is -2.11. The van der Waals surface area contributed by atoms with E-state index in [9.17, 15) is 0 Å². The van der Waals surface area contributed by atoms with Crippen molar-refractivity contribution in [3.63, 3.8) is 0 Å². The molecule has 0 unspecified atom stereocenters. The molecule has 0 atom stereocenters. The molecule has 20 heavy (non-hydrogen) atoms. The highest BCUT2D eigenvalue weighted by Crippen LogP contribution is 2.20. The van der Waals surface area contributed by atoms with Crippen LogP contribution >= 0.6 is 22.9 Å². The summed E-state index contributed by atoms with van der Waals surface area (Å²) in [5.74, 6) is 0.831. The molecule has 0 radical (unpaired) electrons. The quantitative estimate of drug-likeness (QED) is 0.635. The number of thiazole rings is 1. The number of hydrogen-bond acceptors (Lipinski definition) is 4. The Kier molecular flexibility index (Phi) is 4.98. The van der Waals surface area contributed by atoms with Crippen molar-refractivity contribution in [1.29, 1.82) is 5.41 Å². The van der Waals surface area contributed by atoms with E-state index in [2.05, 4.69) is 4.98 Å². The van der Waals surface area contributed by atoms with Crippen molar-refractivity contribution in [2.75, 3.05) is 6.61 Å². The molecule has 106 valence electrons. The van der Waals surface area contributed by atoms with Crippen molar-refractivity contribution < 1.29 is 4.74 Å². The van der Waals surface area contributed by atoms with E-state index in [1.807, 2.05) is 25.1 Å². The van der Waals surface area contributed by atoms with Crippen molar-refractivity contribution in [3.05, 3.63) is 44.9 Å². The van der Waals surface area contributed by atoms with Gasteiger partial charge in [-0.25, -0.2) is 4.98 Å². The maximum atomic E-state index is 7.53. The molecule has 1 heterocycles. The van der Waals surface area contributed by atoms with Gasteiger partial charge >= 0.3 is 0 Å². The van der Waals surface area contributed by atoms with Gasteiger partial charge in [-0.15, -0.1) is 11.3 Å². The number of hydrogen-bond donors (Lipinski definition) is 2. The van der Waals surface area contributed by atoms with E-state index in [1.165, 1.54) is 11.3 Å². The Labute approximate surface area is 127 Å². The van der Waals surface area contributed by atoms with E-state index in [0.717, 1.165) is 27.7 Å². The van der Waals surface area contributed by atoms with Crippen LogP contribution in [0.2, 0.25) is 5.02 Å². The van der Waals surface area contributed by atoms with Gasteiger partial charge in [0.05, 0.1) is 22.2 Å². The van der Waals surface area contributed by atoms with Gasteiger partial charge in [0.2, 0.25) is 0 Å². The lowest BCUT2D eigenvalue weighted by Gasteiger charge is -2.04. The zero-order chi connectivity index (χ0) is 14.5. The number of aryl methyl sites for hydroxylation is 1. The van der Waals surface area contributed by atoms with Crippen LogP contribution in [0.5, 0.6) is 5.75 Å². The van der Waals surface area contributed by atoms with Gasteiger partial charge in [-0.1, -0.05) is 24.6 Å². The number of ether oxygens (including phenoxy) is 1. The van der Waals surface area contributed by atoms with Gasteiger partial charge in [0.25, 0.3) is 0 Å². The number of amidine groups is 1. The molecule has 0 saturated heterocycles. The van der Waals surface area contributed by atoms with Crippen molar-refractivity contribution in [2.24, 2.45) is 5.73 Å². The molecule has 0 aliphatic heterocycles. The Bertz CT molecular complexity index is 612. The molecule has 0 amide bonds. The van der Waals surface area contributed by atoms with Gasteiger partial charge in [0.1, 0.15) is 11.6 Å². The minimum atomic E-state index is 0.0846. The summed E-state index contributed by atoms with van der Waals surface area (Å²) in [7, 11) is 0. The predicted octanol–water partition coefficient (Wildman–Crippen LogP) is 3.26. The number of nitrogens with zero attached hydrogens (tertiary/aromatic N) is 1. The van der Waals surface area contributed by atoms with Gasteiger partial charge in [0.15, 0.2) is 0 Å². The first-order chi connectivity index (χ1) is 9.60. The summed E-state index contributed by atoms with van der Waals surface area (Å²) in [6, 6.07) is 7.31. The highest BCUT2D eigenvalue weighted by Gasteiger charge is 2.11. The third-order valence-corrected chi connectivity index (χ3v) is 4.13. The van der Waals surface area contributed by atoms with E-state index < -0.39 is 0 Å². The van der Waals surface area contributed by atoms with Crippen LogP contribution in [0.15, 0.2) is 24.3 Å². The molecule has 0 fully saturated rings. The predicted molar refractivity (Wildman–Crippen MR) is 83.2 cm³/mol. The number of halogens is 1. The Hall–Kier alpha value is -1.59. The first-order valence-corrected chi connectivity index (χ1v) is 7.51. The van der Waals surface area contributed by atoms with E-state index in [0.29, 0.717) is 18.1 Å². The number of rotatable bonds is 6. The van der Waals surface area contributed by atoms with Crippen molar-refractivity contribution in [1.82, 2.24) is 4.98 Å². The molecule has 2 aromatic rings. The van der Waals surface area contributed by atoms with E-state index in [-0.39, 0.29) is 5.84 Å². The van der Waals surface area contributed by atoms with Crippen LogP contribution in [-0.4, -0.2) is 17.4 Å². The minimum absolute atomic E-state index is 0.0846. The summed E-state index contributed by atoms with van der Waals surface area (Å²) in [5, 5.41) is 9.13. The van der Waals surface area contributed by atoms with Crippen LogP contribution in [0.3, 0.4) is 0 Å². The van der Waals surface area contributed by atoms with Crippen LogP contribution in [-0.2, 0) is 12.8 Å².